The van der Waals surface area contributed by atoms with Crippen LogP contribution in [-0.4, -0.2) is 17.6 Å². The van der Waals surface area contributed by atoms with E-state index in [2.05, 4.69) is 19.2 Å². The molecule has 17 heavy (non-hydrogen) atoms. The average Bonchev–Trinajstić information content (AvgIpc) is 2.28. The molecule has 0 fully saturated rings. The Kier molecular flexibility index (Phi) is 5.16. The van der Waals surface area contributed by atoms with Crippen molar-refractivity contribution < 1.29 is 9.90 Å². The molecule has 1 amide bonds. The van der Waals surface area contributed by atoms with Gasteiger partial charge in [0, 0.05) is 6.54 Å². The molecule has 0 bridgehead atoms. The first-order valence-corrected chi connectivity index (χ1v) is 6.03. The number of amides is 1. The minimum Gasteiger partial charge on any atom is -0.378 e. The third-order valence-electron chi connectivity index (χ3n) is 2.66. The van der Waals surface area contributed by atoms with Gasteiger partial charge >= 0.3 is 0 Å². The van der Waals surface area contributed by atoms with Crippen molar-refractivity contribution in [2.24, 2.45) is 5.92 Å². The number of aryl methyl sites for hydroxylation is 1. The maximum absolute atomic E-state index is 11.6. The third-order valence-corrected chi connectivity index (χ3v) is 2.66. The zero-order valence-corrected chi connectivity index (χ0v) is 10.7. The summed E-state index contributed by atoms with van der Waals surface area (Å²) in [7, 11) is 0. The van der Waals surface area contributed by atoms with Crippen molar-refractivity contribution in [2.75, 3.05) is 6.54 Å². The summed E-state index contributed by atoms with van der Waals surface area (Å²) >= 11 is 0. The van der Waals surface area contributed by atoms with E-state index in [1.165, 1.54) is 0 Å². The van der Waals surface area contributed by atoms with Crippen molar-refractivity contribution in [1.82, 2.24) is 5.32 Å². The smallest absolute Gasteiger partial charge is 0.253 e. The van der Waals surface area contributed by atoms with Crippen molar-refractivity contribution in [3.8, 4) is 0 Å². The van der Waals surface area contributed by atoms with Gasteiger partial charge < -0.3 is 10.4 Å². The van der Waals surface area contributed by atoms with Crippen LogP contribution >= 0.6 is 0 Å². The van der Waals surface area contributed by atoms with E-state index in [1.54, 1.807) is 12.1 Å². The maximum atomic E-state index is 11.6. The minimum atomic E-state index is -1.07. The SMILES string of the molecule is Cc1ccc(C(O)C(=O)NCCC(C)C)cc1. The van der Waals surface area contributed by atoms with Gasteiger partial charge in [-0.25, -0.2) is 0 Å². The lowest BCUT2D eigenvalue weighted by Crippen LogP contribution is -2.30. The van der Waals surface area contributed by atoms with Crippen LogP contribution in [0.15, 0.2) is 24.3 Å². The van der Waals surface area contributed by atoms with Crippen molar-refractivity contribution in [3.05, 3.63) is 35.4 Å². The topological polar surface area (TPSA) is 49.3 Å². The quantitative estimate of drug-likeness (QED) is 0.822. The van der Waals surface area contributed by atoms with Gasteiger partial charge in [0.05, 0.1) is 0 Å². The molecule has 0 aliphatic heterocycles. The second-order valence-corrected chi connectivity index (χ2v) is 4.79. The summed E-state index contributed by atoms with van der Waals surface area (Å²) < 4.78 is 0. The molecule has 1 rings (SSSR count). The zero-order chi connectivity index (χ0) is 12.8. The number of hydrogen-bond acceptors (Lipinski definition) is 2. The van der Waals surface area contributed by atoms with Gasteiger partial charge in [0.1, 0.15) is 0 Å². The van der Waals surface area contributed by atoms with E-state index in [0.29, 0.717) is 18.0 Å². The van der Waals surface area contributed by atoms with Gasteiger partial charge in [-0.2, -0.15) is 0 Å². The van der Waals surface area contributed by atoms with E-state index < -0.39 is 6.10 Å². The molecule has 1 aromatic carbocycles. The molecule has 3 nitrogen and oxygen atoms in total. The van der Waals surface area contributed by atoms with Crippen LogP contribution in [0, 0.1) is 12.8 Å². The molecule has 0 heterocycles. The van der Waals surface area contributed by atoms with Gasteiger partial charge in [0.25, 0.3) is 5.91 Å². The monoisotopic (exact) mass is 235 g/mol. The zero-order valence-electron chi connectivity index (χ0n) is 10.7. The van der Waals surface area contributed by atoms with E-state index in [0.717, 1.165) is 12.0 Å². The molecule has 0 saturated heterocycles. The second-order valence-electron chi connectivity index (χ2n) is 4.79. The Bertz CT molecular complexity index is 357. The first-order chi connectivity index (χ1) is 8.00. The number of carbonyl (C=O) groups is 1. The van der Waals surface area contributed by atoms with Crippen LogP contribution in [0.25, 0.3) is 0 Å². The maximum Gasteiger partial charge on any atom is 0.253 e. The number of hydrogen-bond donors (Lipinski definition) is 2. The summed E-state index contributed by atoms with van der Waals surface area (Å²) in [5.74, 6) is 0.223. The Hall–Kier alpha value is -1.35. The predicted molar refractivity (Wildman–Crippen MR) is 68.6 cm³/mol. The largest absolute Gasteiger partial charge is 0.378 e. The van der Waals surface area contributed by atoms with Crippen LogP contribution in [-0.2, 0) is 4.79 Å². The molecule has 0 saturated carbocycles. The average molecular weight is 235 g/mol. The molecule has 2 N–H and O–H groups in total. The summed E-state index contributed by atoms with van der Waals surface area (Å²) in [6.45, 7) is 6.78. The number of carbonyl (C=O) groups excluding carboxylic acids is 1. The molecule has 0 radical (unpaired) electrons. The minimum absolute atomic E-state index is 0.325. The molecular formula is C14H21NO2. The fraction of sp³-hybridized carbons (Fsp3) is 0.500. The number of aliphatic hydroxyl groups is 1. The Morgan fingerprint density at radius 3 is 2.41 bits per heavy atom. The number of benzene rings is 1. The standard InChI is InChI=1S/C14H21NO2/c1-10(2)8-9-15-14(17)13(16)12-6-4-11(3)5-7-12/h4-7,10,13,16H,8-9H2,1-3H3,(H,15,17). The normalized spacial score (nSPS) is 12.5. The molecular weight excluding hydrogens is 214 g/mol. The Balaban J connectivity index is 2.49. The highest BCUT2D eigenvalue weighted by atomic mass is 16.3. The molecule has 0 spiro atoms. The van der Waals surface area contributed by atoms with Crippen molar-refractivity contribution in [3.63, 3.8) is 0 Å². The van der Waals surface area contributed by atoms with Crippen LogP contribution in [0.1, 0.15) is 37.5 Å². The number of aliphatic hydroxyl groups excluding tert-OH is 1. The van der Waals surface area contributed by atoms with Crippen molar-refractivity contribution in [1.29, 1.82) is 0 Å². The van der Waals surface area contributed by atoms with E-state index in [9.17, 15) is 9.90 Å². The van der Waals surface area contributed by atoms with Crippen LogP contribution < -0.4 is 5.32 Å². The van der Waals surface area contributed by atoms with Crippen LogP contribution in [0.4, 0.5) is 0 Å². The van der Waals surface area contributed by atoms with Gasteiger partial charge in [0.2, 0.25) is 0 Å². The summed E-state index contributed by atoms with van der Waals surface area (Å²) in [5.41, 5.74) is 1.75. The van der Waals surface area contributed by atoms with Gasteiger partial charge in [-0.3, -0.25) is 4.79 Å². The molecule has 0 aliphatic rings. The Labute approximate surface area is 103 Å². The fourth-order valence-corrected chi connectivity index (χ4v) is 1.48. The van der Waals surface area contributed by atoms with Gasteiger partial charge in [-0.05, 0) is 24.8 Å². The molecule has 1 unspecified atom stereocenters. The summed E-state index contributed by atoms with van der Waals surface area (Å²) in [5, 5.41) is 12.6. The van der Waals surface area contributed by atoms with Crippen LogP contribution in [0.3, 0.4) is 0 Å². The van der Waals surface area contributed by atoms with E-state index in [4.69, 9.17) is 0 Å². The van der Waals surface area contributed by atoms with Gasteiger partial charge in [-0.15, -0.1) is 0 Å². The van der Waals surface area contributed by atoms with E-state index in [1.807, 2.05) is 19.1 Å². The number of nitrogens with one attached hydrogen (secondary N) is 1. The van der Waals surface area contributed by atoms with E-state index in [-0.39, 0.29) is 5.91 Å². The van der Waals surface area contributed by atoms with Gasteiger partial charge in [-0.1, -0.05) is 43.7 Å². The highest BCUT2D eigenvalue weighted by Crippen LogP contribution is 2.13. The highest BCUT2D eigenvalue weighted by Gasteiger charge is 2.16. The van der Waals surface area contributed by atoms with Gasteiger partial charge in [0.15, 0.2) is 6.10 Å². The Morgan fingerprint density at radius 2 is 1.88 bits per heavy atom. The highest BCUT2D eigenvalue weighted by molar-refractivity contribution is 5.81. The molecule has 1 aromatic rings. The van der Waals surface area contributed by atoms with Crippen LogP contribution in [0.5, 0.6) is 0 Å². The number of rotatable bonds is 5. The molecule has 0 aliphatic carbocycles. The van der Waals surface area contributed by atoms with Crippen molar-refractivity contribution >= 4 is 5.91 Å². The lowest BCUT2D eigenvalue weighted by Gasteiger charge is -2.12. The molecule has 3 heteroatoms. The fourth-order valence-electron chi connectivity index (χ4n) is 1.48. The lowest BCUT2D eigenvalue weighted by atomic mass is 10.1. The summed E-state index contributed by atoms with van der Waals surface area (Å²) in [6.07, 6.45) is -0.144. The first kappa shape index (κ1) is 13.7. The second kappa shape index (κ2) is 6.40. The third kappa shape index (κ3) is 4.57. The summed E-state index contributed by atoms with van der Waals surface area (Å²) in [6, 6.07) is 7.34. The molecule has 1 atom stereocenters. The van der Waals surface area contributed by atoms with Crippen molar-refractivity contribution in [2.45, 2.75) is 33.3 Å². The molecule has 0 aromatic heterocycles. The predicted octanol–water partition coefficient (Wildman–Crippen LogP) is 2.19. The lowest BCUT2D eigenvalue weighted by molar-refractivity contribution is -0.129. The van der Waals surface area contributed by atoms with Crippen LogP contribution in [0.2, 0.25) is 0 Å². The molecule has 94 valence electrons. The first-order valence-electron chi connectivity index (χ1n) is 6.03. The Morgan fingerprint density at radius 1 is 1.29 bits per heavy atom. The van der Waals surface area contributed by atoms with E-state index >= 15 is 0 Å². The summed E-state index contributed by atoms with van der Waals surface area (Å²) in [4.78, 5) is 11.6.